The molecule has 6 heteroatoms. The lowest BCUT2D eigenvalue weighted by molar-refractivity contribution is -0.101. The third-order valence-corrected chi connectivity index (χ3v) is 5.95. The molecule has 3 saturated heterocycles. The Kier molecular flexibility index (Phi) is 5.14. The highest BCUT2D eigenvalue weighted by Crippen LogP contribution is 2.47. The first-order chi connectivity index (χ1) is 13.3. The minimum atomic E-state index is -1.000. The molecule has 0 spiro atoms. The van der Waals surface area contributed by atoms with Crippen molar-refractivity contribution in [1.82, 2.24) is 4.90 Å². The number of benzene rings is 1. The summed E-state index contributed by atoms with van der Waals surface area (Å²) in [7, 11) is 0. The monoisotopic (exact) mass is 389 g/mol. The van der Waals surface area contributed by atoms with E-state index in [-0.39, 0.29) is 18.2 Å². The number of carbonyl (C=O) groups is 1. The highest BCUT2D eigenvalue weighted by atomic mass is 16.7. The lowest BCUT2D eigenvalue weighted by Gasteiger charge is -2.52. The zero-order valence-corrected chi connectivity index (χ0v) is 17.0. The van der Waals surface area contributed by atoms with Crippen LogP contribution in [0.25, 0.3) is 0 Å². The maximum atomic E-state index is 12.8. The van der Waals surface area contributed by atoms with Gasteiger partial charge in [-0.05, 0) is 45.6 Å². The maximum absolute atomic E-state index is 12.8. The predicted molar refractivity (Wildman–Crippen MR) is 104 cm³/mol. The molecule has 4 rings (SSSR count). The first kappa shape index (κ1) is 19.7. The molecular weight excluding hydrogens is 358 g/mol. The molecule has 1 aromatic carbocycles. The van der Waals surface area contributed by atoms with Crippen LogP contribution in [0, 0.1) is 0 Å². The van der Waals surface area contributed by atoms with E-state index in [1.54, 1.807) is 0 Å². The van der Waals surface area contributed by atoms with Crippen LogP contribution in [-0.2, 0) is 19.8 Å². The average molecular weight is 389 g/mol. The molecule has 1 amide bonds. The van der Waals surface area contributed by atoms with Gasteiger partial charge in [0.25, 0.3) is 0 Å². The van der Waals surface area contributed by atoms with E-state index < -0.39 is 17.5 Å². The summed E-state index contributed by atoms with van der Waals surface area (Å²) in [5, 5.41) is 11.7. The van der Waals surface area contributed by atoms with E-state index in [2.05, 4.69) is 0 Å². The smallest absolute Gasteiger partial charge is 0.410 e. The molecule has 28 heavy (non-hydrogen) atoms. The number of fused-ring (bicyclic) bond motifs is 2. The highest BCUT2D eigenvalue weighted by Gasteiger charge is 2.50. The van der Waals surface area contributed by atoms with Gasteiger partial charge in [0, 0.05) is 30.5 Å². The van der Waals surface area contributed by atoms with E-state index in [0.717, 1.165) is 30.4 Å². The largest absolute Gasteiger partial charge is 0.444 e. The number of hydrogen-bond acceptors (Lipinski definition) is 5. The summed E-state index contributed by atoms with van der Waals surface area (Å²) in [4.78, 5) is 14.7. The van der Waals surface area contributed by atoms with Crippen molar-refractivity contribution in [2.24, 2.45) is 0 Å². The van der Waals surface area contributed by atoms with Crippen molar-refractivity contribution in [1.29, 1.82) is 0 Å². The van der Waals surface area contributed by atoms with Crippen LogP contribution in [0.1, 0.15) is 70.3 Å². The standard InChI is InChI=1S/C22H31NO5/c1-21(2,3)28-20(24)23-15-7-6-8-16(23)14-22(25,13-15)18-10-5-4-9-17(18)19-26-11-12-27-19/h4-5,9-10,15-16,19,25H,6-8,11-14H2,1-3H3. The summed E-state index contributed by atoms with van der Waals surface area (Å²) < 4.78 is 17.1. The molecule has 2 unspecified atom stereocenters. The van der Waals surface area contributed by atoms with Gasteiger partial charge in [0.2, 0.25) is 0 Å². The summed E-state index contributed by atoms with van der Waals surface area (Å²) in [6.07, 6.45) is 3.16. The van der Waals surface area contributed by atoms with Gasteiger partial charge in [0.1, 0.15) is 5.60 Å². The van der Waals surface area contributed by atoms with Crippen LogP contribution in [0.5, 0.6) is 0 Å². The van der Waals surface area contributed by atoms with Crippen molar-refractivity contribution in [3.63, 3.8) is 0 Å². The van der Waals surface area contributed by atoms with E-state index in [1.807, 2.05) is 49.9 Å². The van der Waals surface area contributed by atoms with E-state index in [0.29, 0.717) is 26.1 Å². The fourth-order valence-corrected chi connectivity index (χ4v) is 4.93. The Balaban J connectivity index is 1.61. The van der Waals surface area contributed by atoms with Crippen LogP contribution in [0.3, 0.4) is 0 Å². The third kappa shape index (κ3) is 3.78. The Labute approximate surface area is 166 Å². The predicted octanol–water partition coefficient (Wildman–Crippen LogP) is 3.87. The van der Waals surface area contributed by atoms with Gasteiger partial charge >= 0.3 is 6.09 Å². The second kappa shape index (κ2) is 7.32. The second-order valence-electron chi connectivity index (χ2n) is 9.23. The Bertz CT molecular complexity index is 708. The van der Waals surface area contributed by atoms with Crippen molar-refractivity contribution in [2.75, 3.05) is 13.2 Å². The summed E-state index contributed by atoms with van der Waals surface area (Å²) in [6.45, 7) is 6.79. The quantitative estimate of drug-likeness (QED) is 0.832. The van der Waals surface area contributed by atoms with Gasteiger partial charge < -0.3 is 24.2 Å². The Morgan fingerprint density at radius 1 is 1.14 bits per heavy atom. The van der Waals surface area contributed by atoms with Gasteiger partial charge in [-0.2, -0.15) is 0 Å². The molecule has 2 atom stereocenters. The second-order valence-corrected chi connectivity index (χ2v) is 9.23. The molecule has 3 heterocycles. The number of piperidine rings is 2. The first-order valence-electron chi connectivity index (χ1n) is 10.3. The number of carbonyl (C=O) groups excluding carboxylic acids is 1. The fraction of sp³-hybridized carbons (Fsp3) is 0.682. The molecule has 1 N–H and O–H groups in total. The van der Waals surface area contributed by atoms with Crippen LogP contribution in [0.15, 0.2) is 24.3 Å². The summed E-state index contributed by atoms with van der Waals surface area (Å²) in [5.41, 5.74) is 0.234. The molecule has 0 radical (unpaired) electrons. The minimum Gasteiger partial charge on any atom is -0.444 e. The van der Waals surface area contributed by atoms with E-state index in [9.17, 15) is 9.90 Å². The number of aliphatic hydroxyl groups is 1. The molecular formula is C22H31NO5. The maximum Gasteiger partial charge on any atom is 0.410 e. The Morgan fingerprint density at radius 3 is 2.36 bits per heavy atom. The van der Waals surface area contributed by atoms with Gasteiger partial charge in [-0.1, -0.05) is 24.3 Å². The van der Waals surface area contributed by atoms with Crippen LogP contribution in [0.4, 0.5) is 4.79 Å². The lowest BCUT2D eigenvalue weighted by Crippen LogP contribution is -2.59. The molecule has 0 saturated carbocycles. The molecule has 0 aromatic heterocycles. The van der Waals surface area contributed by atoms with Crippen LogP contribution >= 0.6 is 0 Å². The van der Waals surface area contributed by atoms with Gasteiger partial charge in [-0.25, -0.2) is 4.79 Å². The van der Waals surface area contributed by atoms with Crippen LogP contribution in [-0.4, -0.2) is 47.0 Å². The molecule has 3 aliphatic heterocycles. The van der Waals surface area contributed by atoms with Crippen LogP contribution in [0.2, 0.25) is 0 Å². The fourth-order valence-electron chi connectivity index (χ4n) is 4.93. The average Bonchev–Trinajstić information content (AvgIpc) is 3.14. The van der Waals surface area contributed by atoms with E-state index in [4.69, 9.17) is 14.2 Å². The van der Waals surface area contributed by atoms with Gasteiger partial charge in [0.05, 0.1) is 18.8 Å². The zero-order valence-electron chi connectivity index (χ0n) is 17.0. The van der Waals surface area contributed by atoms with E-state index >= 15 is 0 Å². The topological polar surface area (TPSA) is 68.2 Å². The number of nitrogens with zero attached hydrogens (tertiary/aromatic N) is 1. The van der Waals surface area contributed by atoms with Crippen molar-refractivity contribution < 1.29 is 24.1 Å². The molecule has 3 aliphatic rings. The van der Waals surface area contributed by atoms with Gasteiger partial charge in [-0.15, -0.1) is 0 Å². The van der Waals surface area contributed by atoms with Gasteiger partial charge in [-0.3, -0.25) is 0 Å². The van der Waals surface area contributed by atoms with E-state index in [1.165, 1.54) is 0 Å². The summed E-state index contributed by atoms with van der Waals surface area (Å²) in [5.74, 6) is 0. The van der Waals surface area contributed by atoms with Crippen molar-refractivity contribution in [2.45, 2.75) is 82.5 Å². The molecule has 0 aliphatic carbocycles. The van der Waals surface area contributed by atoms with Gasteiger partial charge in [0.15, 0.2) is 6.29 Å². The third-order valence-electron chi connectivity index (χ3n) is 5.95. The number of rotatable bonds is 2. The Morgan fingerprint density at radius 2 is 1.75 bits per heavy atom. The molecule has 2 bridgehead atoms. The van der Waals surface area contributed by atoms with Crippen molar-refractivity contribution in [3.8, 4) is 0 Å². The lowest BCUT2D eigenvalue weighted by atomic mass is 9.71. The summed E-state index contributed by atoms with van der Waals surface area (Å²) >= 11 is 0. The number of ether oxygens (including phenoxy) is 3. The Hall–Kier alpha value is -1.63. The summed E-state index contributed by atoms with van der Waals surface area (Å²) in [6, 6.07) is 7.79. The molecule has 6 nitrogen and oxygen atoms in total. The zero-order chi connectivity index (χ0) is 19.9. The first-order valence-corrected chi connectivity index (χ1v) is 10.3. The molecule has 3 fully saturated rings. The highest BCUT2D eigenvalue weighted by molar-refractivity contribution is 5.69. The van der Waals surface area contributed by atoms with Crippen molar-refractivity contribution in [3.05, 3.63) is 35.4 Å². The number of amides is 1. The normalized spacial score (nSPS) is 31.1. The number of hydrogen-bond donors (Lipinski definition) is 1. The van der Waals surface area contributed by atoms with Crippen LogP contribution < -0.4 is 0 Å². The van der Waals surface area contributed by atoms with Crippen molar-refractivity contribution >= 4 is 6.09 Å². The minimum absolute atomic E-state index is 0.0224. The molecule has 154 valence electrons. The SMILES string of the molecule is CC(C)(C)OC(=O)N1C2CCCC1CC(O)(c1ccccc1C1OCCO1)C2. The molecule has 1 aromatic rings.